The molecule has 2 rings (SSSR count). The number of rotatable bonds is 5. The van der Waals surface area contributed by atoms with Crippen molar-refractivity contribution in [3.63, 3.8) is 0 Å². The zero-order valence-electron chi connectivity index (χ0n) is 9.83. The van der Waals surface area contributed by atoms with Gasteiger partial charge in [0.2, 0.25) is 0 Å². The minimum atomic E-state index is -0.398. The number of ether oxygens (including phenoxy) is 2. The van der Waals surface area contributed by atoms with Crippen molar-refractivity contribution in [3.8, 4) is 10.7 Å². The Morgan fingerprint density at radius 3 is 3.06 bits per heavy atom. The molecule has 0 aromatic carbocycles. The van der Waals surface area contributed by atoms with Gasteiger partial charge in [0.05, 0.1) is 11.4 Å². The lowest BCUT2D eigenvalue weighted by atomic mass is 10.4. The van der Waals surface area contributed by atoms with Gasteiger partial charge in [-0.15, -0.1) is 11.3 Å². The summed E-state index contributed by atoms with van der Waals surface area (Å²) >= 11 is 1.47. The first-order valence-corrected chi connectivity index (χ1v) is 6.18. The molecule has 0 saturated carbocycles. The number of esters is 1. The van der Waals surface area contributed by atoms with Gasteiger partial charge in [-0.25, -0.2) is 9.78 Å². The summed E-state index contributed by atoms with van der Waals surface area (Å²) < 4.78 is 9.64. The Morgan fingerprint density at radius 2 is 2.33 bits per heavy atom. The summed E-state index contributed by atoms with van der Waals surface area (Å²) in [5.74, 6) is -0.398. The highest BCUT2D eigenvalue weighted by Crippen LogP contribution is 2.21. The fraction of sp³-hybridized carbons (Fsp3) is 0.250. The van der Waals surface area contributed by atoms with Crippen LogP contribution in [0.1, 0.15) is 5.69 Å². The first-order chi connectivity index (χ1) is 8.79. The fourth-order valence-corrected chi connectivity index (χ4v) is 2.07. The van der Waals surface area contributed by atoms with Gasteiger partial charge in [0, 0.05) is 18.7 Å². The van der Waals surface area contributed by atoms with E-state index in [4.69, 9.17) is 4.74 Å². The number of nitrogens with zero attached hydrogens (tertiary/aromatic N) is 2. The van der Waals surface area contributed by atoms with Gasteiger partial charge in [0.1, 0.15) is 18.2 Å². The van der Waals surface area contributed by atoms with Crippen LogP contribution in [0, 0.1) is 0 Å². The van der Waals surface area contributed by atoms with E-state index in [0.29, 0.717) is 5.69 Å². The molecule has 0 fully saturated rings. The van der Waals surface area contributed by atoms with Crippen LogP contribution < -0.4 is 0 Å². The van der Waals surface area contributed by atoms with E-state index < -0.39 is 5.97 Å². The third kappa shape index (κ3) is 3.35. The fourth-order valence-electron chi connectivity index (χ4n) is 1.29. The normalized spacial score (nSPS) is 10.3. The third-order valence-corrected chi connectivity index (χ3v) is 2.99. The van der Waals surface area contributed by atoms with Crippen molar-refractivity contribution in [2.24, 2.45) is 0 Å². The molecule has 94 valence electrons. The lowest BCUT2D eigenvalue weighted by molar-refractivity contribution is -0.149. The quantitative estimate of drug-likeness (QED) is 0.772. The lowest BCUT2D eigenvalue weighted by Gasteiger charge is -2.00. The molecular weight excluding hydrogens is 252 g/mol. The molecule has 18 heavy (non-hydrogen) atoms. The number of aromatic nitrogens is 2. The Labute approximate surface area is 108 Å². The second-order valence-corrected chi connectivity index (χ2v) is 4.31. The Balaban J connectivity index is 1.97. The van der Waals surface area contributed by atoms with Gasteiger partial charge in [-0.1, -0.05) is 6.07 Å². The summed E-state index contributed by atoms with van der Waals surface area (Å²) in [4.78, 5) is 19.7. The number of carbonyl (C=O) groups excluding carboxylic acids is 1. The van der Waals surface area contributed by atoms with Gasteiger partial charge in [0.25, 0.3) is 0 Å². The largest absolute Gasteiger partial charge is 0.457 e. The van der Waals surface area contributed by atoms with E-state index in [0.717, 1.165) is 10.7 Å². The minimum absolute atomic E-state index is 0.0444. The smallest absolute Gasteiger partial charge is 0.332 e. The summed E-state index contributed by atoms with van der Waals surface area (Å²) in [7, 11) is 1.45. The van der Waals surface area contributed by atoms with Crippen LogP contribution in [-0.2, 0) is 20.9 Å². The number of hydrogen-bond donors (Lipinski definition) is 0. The second kappa shape index (κ2) is 6.23. The number of carbonyl (C=O) groups is 1. The van der Waals surface area contributed by atoms with Crippen LogP contribution >= 0.6 is 11.3 Å². The van der Waals surface area contributed by atoms with Crippen LogP contribution in [0.15, 0.2) is 29.8 Å². The van der Waals surface area contributed by atoms with Crippen molar-refractivity contribution in [1.82, 2.24) is 9.97 Å². The number of methoxy groups -OCH3 is 1. The molecule has 0 amide bonds. The van der Waals surface area contributed by atoms with E-state index in [1.165, 1.54) is 18.4 Å². The first-order valence-electron chi connectivity index (χ1n) is 5.30. The highest BCUT2D eigenvalue weighted by atomic mass is 32.1. The molecule has 2 aromatic rings. The van der Waals surface area contributed by atoms with Gasteiger partial charge >= 0.3 is 5.97 Å². The summed E-state index contributed by atoms with van der Waals surface area (Å²) in [6.45, 7) is 0.114. The summed E-state index contributed by atoms with van der Waals surface area (Å²) in [5, 5.41) is 2.66. The van der Waals surface area contributed by atoms with Crippen LogP contribution in [0.5, 0.6) is 0 Å². The molecule has 2 heterocycles. The molecule has 5 nitrogen and oxygen atoms in total. The summed E-state index contributed by atoms with van der Waals surface area (Å²) in [5.41, 5.74) is 1.53. The highest BCUT2D eigenvalue weighted by Gasteiger charge is 2.07. The molecule has 0 unspecified atom stereocenters. The SMILES string of the molecule is COCC(=O)OCc1csc(-c2ccccn2)n1. The summed E-state index contributed by atoms with van der Waals surface area (Å²) in [6, 6.07) is 5.64. The molecule has 2 aromatic heterocycles. The van der Waals surface area contributed by atoms with E-state index in [1.807, 2.05) is 23.6 Å². The van der Waals surface area contributed by atoms with Crippen LogP contribution in [0.25, 0.3) is 10.7 Å². The molecule has 0 aliphatic rings. The monoisotopic (exact) mass is 264 g/mol. The van der Waals surface area contributed by atoms with Crippen LogP contribution in [-0.4, -0.2) is 29.7 Å². The van der Waals surface area contributed by atoms with Crippen LogP contribution in [0.4, 0.5) is 0 Å². The Kier molecular flexibility index (Phi) is 4.38. The van der Waals surface area contributed by atoms with Crippen molar-refractivity contribution >= 4 is 17.3 Å². The molecule has 0 saturated heterocycles. The zero-order valence-corrected chi connectivity index (χ0v) is 10.6. The molecule has 0 aliphatic carbocycles. The Bertz CT molecular complexity index is 513. The van der Waals surface area contributed by atoms with E-state index in [-0.39, 0.29) is 13.2 Å². The first kappa shape index (κ1) is 12.7. The van der Waals surface area contributed by atoms with E-state index in [2.05, 4.69) is 14.7 Å². The standard InChI is InChI=1S/C12H12N2O3S/c1-16-7-11(15)17-6-9-8-18-12(14-9)10-4-2-3-5-13-10/h2-5,8H,6-7H2,1H3. The van der Waals surface area contributed by atoms with Gasteiger partial charge in [0.15, 0.2) is 0 Å². The predicted molar refractivity (Wildman–Crippen MR) is 67.0 cm³/mol. The van der Waals surface area contributed by atoms with Crippen molar-refractivity contribution in [1.29, 1.82) is 0 Å². The van der Waals surface area contributed by atoms with Crippen molar-refractivity contribution in [2.75, 3.05) is 13.7 Å². The maximum absolute atomic E-state index is 11.1. The topological polar surface area (TPSA) is 61.3 Å². The van der Waals surface area contributed by atoms with Gasteiger partial charge in [-0.2, -0.15) is 0 Å². The third-order valence-electron chi connectivity index (χ3n) is 2.08. The zero-order chi connectivity index (χ0) is 12.8. The Morgan fingerprint density at radius 1 is 1.44 bits per heavy atom. The number of hydrogen-bond acceptors (Lipinski definition) is 6. The molecule has 0 bridgehead atoms. The van der Waals surface area contributed by atoms with Crippen molar-refractivity contribution in [2.45, 2.75) is 6.61 Å². The van der Waals surface area contributed by atoms with Gasteiger partial charge in [-0.3, -0.25) is 4.98 Å². The van der Waals surface area contributed by atoms with Crippen molar-refractivity contribution < 1.29 is 14.3 Å². The molecule has 0 aliphatic heterocycles. The number of thiazole rings is 1. The van der Waals surface area contributed by atoms with Gasteiger partial charge < -0.3 is 9.47 Å². The summed E-state index contributed by atoms with van der Waals surface area (Å²) in [6.07, 6.45) is 1.72. The maximum Gasteiger partial charge on any atom is 0.332 e. The second-order valence-electron chi connectivity index (χ2n) is 3.45. The Hall–Kier alpha value is -1.79. The van der Waals surface area contributed by atoms with E-state index in [1.54, 1.807) is 6.20 Å². The minimum Gasteiger partial charge on any atom is -0.457 e. The highest BCUT2D eigenvalue weighted by molar-refractivity contribution is 7.13. The molecule has 0 atom stereocenters. The van der Waals surface area contributed by atoms with Crippen molar-refractivity contribution in [3.05, 3.63) is 35.5 Å². The van der Waals surface area contributed by atoms with Gasteiger partial charge in [-0.05, 0) is 12.1 Å². The molecule has 0 spiro atoms. The lowest BCUT2D eigenvalue weighted by Crippen LogP contribution is -2.10. The molecular formula is C12H12N2O3S. The van der Waals surface area contributed by atoms with Crippen LogP contribution in [0.3, 0.4) is 0 Å². The number of pyridine rings is 1. The van der Waals surface area contributed by atoms with E-state index >= 15 is 0 Å². The maximum atomic E-state index is 11.1. The molecule has 0 N–H and O–H groups in total. The average molecular weight is 264 g/mol. The average Bonchev–Trinajstić information content (AvgIpc) is 2.87. The predicted octanol–water partition coefficient (Wildman–Crippen LogP) is 1.89. The molecule has 6 heteroatoms. The van der Waals surface area contributed by atoms with E-state index in [9.17, 15) is 4.79 Å². The van der Waals surface area contributed by atoms with Crippen LogP contribution in [0.2, 0.25) is 0 Å². The molecule has 0 radical (unpaired) electrons.